The van der Waals surface area contributed by atoms with Gasteiger partial charge in [-0.25, -0.2) is 0 Å². The van der Waals surface area contributed by atoms with Crippen molar-refractivity contribution in [2.75, 3.05) is 0 Å². The van der Waals surface area contributed by atoms with E-state index in [1.807, 2.05) is 0 Å². The van der Waals surface area contributed by atoms with E-state index in [-0.39, 0.29) is 0 Å². The minimum atomic E-state index is -1.05. The molecule has 17 heavy (non-hydrogen) atoms. The Kier molecular flexibility index (Phi) is 5.19. The molecule has 0 spiro atoms. The molecule has 0 heterocycles. The molecule has 1 aromatic carbocycles. The van der Waals surface area contributed by atoms with Crippen LogP contribution in [-0.2, 0) is 0 Å². The first-order valence-corrected chi connectivity index (χ1v) is 8.47. The highest BCUT2D eigenvalue weighted by Crippen LogP contribution is 2.32. The molecule has 1 aromatic rings. The summed E-state index contributed by atoms with van der Waals surface area (Å²) in [5.41, 5.74) is 0. The molecule has 1 rings (SSSR count). The molecular weight excluding hydrogens is 220 g/mol. The Morgan fingerprint density at radius 2 is 1.71 bits per heavy atom. The molecule has 0 saturated carbocycles. The first-order valence-electron chi connectivity index (χ1n) is 6.74. The molecule has 0 aromatic heterocycles. The summed E-state index contributed by atoms with van der Waals surface area (Å²) >= 11 is 0. The summed E-state index contributed by atoms with van der Waals surface area (Å²) in [7, 11) is -1.05. The maximum atomic E-state index is 2.47. The number of hydrogen-bond acceptors (Lipinski definition) is 0. The quantitative estimate of drug-likeness (QED) is 0.698. The highest BCUT2D eigenvalue weighted by molar-refractivity contribution is 6.82. The van der Waals surface area contributed by atoms with Crippen molar-refractivity contribution >= 4 is 14.0 Å². The third-order valence-electron chi connectivity index (χ3n) is 3.24. The maximum Gasteiger partial charge on any atom is 0.102 e. The molecule has 0 saturated heterocycles. The molecule has 0 radical (unpaired) electrons. The summed E-state index contributed by atoms with van der Waals surface area (Å²) in [6.45, 7) is 11.7. The molecule has 1 atom stereocenters. The van der Waals surface area contributed by atoms with Crippen LogP contribution in [0.4, 0.5) is 0 Å². The van der Waals surface area contributed by atoms with E-state index in [2.05, 4.69) is 71.0 Å². The predicted molar refractivity (Wildman–Crippen MR) is 81.6 cm³/mol. The lowest BCUT2D eigenvalue weighted by Crippen LogP contribution is -2.40. The van der Waals surface area contributed by atoms with E-state index < -0.39 is 8.80 Å². The standard InChI is InChI=1S/C16H26Si/c1-6-11-14(7-2)17(16(3,4)5)15-12-9-8-10-13-15/h8-13,17H,6-7H2,1-5H3/b14-11+. The normalized spacial score (nSPS) is 14.8. The van der Waals surface area contributed by atoms with Gasteiger partial charge in [0.15, 0.2) is 0 Å². The van der Waals surface area contributed by atoms with Crippen molar-refractivity contribution in [3.05, 3.63) is 41.6 Å². The maximum absolute atomic E-state index is 2.47. The van der Waals surface area contributed by atoms with Gasteiger partial charge in [0.2, 0.25) is 0 Å². The van der Waals surface area contributed by atoms with Gasteiger partial charge < -0.3 is 0 Å². The number of benzene rings is 1. The summed E-state index contributed by atoms with van der Waals surface area (Å²) in [4.78, 5) is 0. The van der Waals surface area contributed by atoms with Gasteiger partial charge in [0.25, 0.3) is 0 Å². The van der Waals surface area contributed by atoms with Crippen molar-refractivity contribution < 1.29 is 0 Å². The highest BCUT2D eigenvalue weighted by Gasteiger charge is 2.30. The smallest absolute Gasteiger partial charge is 0.0893 e. The molecule has 0 fully saturated rings. The van der Waals surface area contributed by atoms with Crippen LogP contribution >= 0.6 is 0 Å². The van der Waals surface area contributed by atoms with Crippen molar-refractivity contribution in [2.45, 2.75) is 52.5 Å². The van der Waals surface area contributed by atoms with E-state index in [4.69, 9.17) is 0 Å². The predicted octanol–water partition coefficient (Wildman–Crippen LogP) is 4.21. The molecule has 0 N–H and O–H groups in total. The zero-order valence-corrected chi connectivity index (χ0v) is 13.1. The van der Waals surface area contributed by atoms with E-state index in [9.17, 15) is 0 Å². The average Bonchev–Trinajstić information content (AvgIpc) is 2.28. The zero-order valence-electron chi connectivity index (χ0n) is 12.0. The molecule has 1 heteroatoms. The summed E-state index contributed by atoms with van der Waals surface area (Å²) < 4.78 is 0. The molecular formula is C16H26Si. The van der Waals surface area contributed by atoms with Crippen molar-refractivity contribution in [1.29, 1.82) is 0 Å². The van der Waals surface area contributed by atoms with Crippen molar-refractivity contribution in [3.8, 4) is 0 Å². The zero-order chi connectivity index (χ0) is 12.9. The number of hydrogen-bond donors (Lipinski definition) is 0. The van der Waals surface area contributed by atoms with Crippen LogP contribution in [0.3, 0.4) is 0 Å². The van der Waals surface area contributed by atoms with Crippen molar-refractivity contribution in [1.82, 2.24) is 0 Å². The van der Waals surface area contributed by atoms with Gasteiger partial charge in [0, 0.05) is 0 Å². The molecule has 0 aliphatic heterocycles. The van der Waals surface area contributed by atoms with Gasteiger partial charge in [-0.2, -0.15) is 0 Å². The van der Waals surface area contributed by atoms with Crippen LogP contribution < -0.4 is 5.19 Å². The van der Waals surface area contributed by atoms with E-state index >= 15 is 0 Å². The topological polar surface area (TPSA) is 0 Å². The second kappa shape index (κ2) is 6.20. The third-order valence-corrected chi connectivity index (χ3v) is 7.41. The van der Waals surface area contributed by atoms with Crippen LogP contribution in [0.15, 0.2) is 41.6 Å². The van der Waals surface area contributed by atoms with Crippen LogP contribution in [0.1, 0.15) is 47.5 Å². The van der Waals surface area contributed by atoms with Gasteiger partial charge in [0.05, 0.1) is 0 Å². The van der Waals surface area contributed by atoms with Crippen molar-refractivity contribution in [3.63, 3.8) is 0 Å². The second-order valence-corrected chi connectivity index (χ2v) is 9.76. The minimum absolute atomic E-state index is 0.415. The monoisotopic (exact) mass is 246 g/mol. The molecule has 0 amide bonds. The van der Waals surface area contributed by atoms with Crippen molar-refractivity contribution in [2.24, 2.45) is 0 Å². The Hall–Kier alpha value is -0.823. The van der Waals surface area contributed by atoms with E-state index in [0.717, 1.165) is 6.42 Å². The van der Waals surface area contributed by atoms with E-state index in [0.29, 0.717) is 5.04 Å². The Morgan fingerprint density at radius 1 is 1.12 bits per heavy atom. The molecule has 0 nitrogen and oxygen atoms in total. The first kappa shape index (κ1) is 14.2. The highest BCUT2D eigenvalue weighted by atomic mass is 28.3. The molecule has 0 bridgehead atoms. The summed E-state index contributed by atoms with van der Waals surface area (Å²) in [5, 5.41) is 3.71. The minimum Gasteiger partial charge on any atom is -0.0893 e. The molecule has 94 valence electrons. The molecule has 1 unspecified atom stereocenters. The fourth-order valence-electron chi connectivity index (χ4n) is 2.64. The Labute approximate surface area is 108 Å². The van der Waals surface area contributed by atoms with E-state index in [1.165, 1.54) is 6.42 Å². The number of rotatable bonds is 4. The SMILES string of the molecule is CC/C=C(\CC)[SiH](c1ccccc1)C(C)(C)C. The number of allylic oxidation sites excluding steroid dienone is 2. The van der Waals surface area contributed by atoms with E-state index in [1.54, 1.807) is 10.4 Å². The molecule has 0 aliphatic carbocycles. The third kappa shape index (κ3) is 3.85. The van der Waals surface area contributed by atoms with Gasteiger partial charge in [-0.3, -0.25) is 0 Å². The van der Waals surface area contributed by atoms with Crippen LogP contribution in [0.5, 0.6) is 0 Å². The molecule has 0 aliphatic rings. The summed E-state index contributed by atoms with van der Waals surface area (Å²) in [6, 6.07) is 11.1. The van der Waals surface area contributed by atoms with Gasteiger partial charge in [-0.1, -0.05) is 81.4 Å². The summed E-state index contributed by atoms with van der Waals surface area (Å²) in [5.74, 6) is 0. The second-order valence-electron chi connectivity index (χ2n) is 5.75. The van der Waals surface area contributed by atoms with Gasteiger partial charge in [0.1, 0.15) is 8.80 Å². The van der Waals surface area contributed by atoms with Crippen LogP contribution in [0.2, 0.25) is 5.04 Å². The fraction of sp³-hybridized carbons (Fsp3) is 0.500. The summed E-state index contributed by atoms with van der Waals surface area (Å²) in [6.07, 6.45) is 4.83. The Bertz CT molecular complexity index is 357. The lowest BCUT2D eigenvalue weighted by Gasteiger charge is -2.32. The van der Waals surface area contributed by atoms with Gasteiger partial charge in [-0.05, 0) is 17.9 Å². The Morgan fingerprint density at radius 3 is 2.12 bits per heavy atom. The van der Waals surface area contributed by atoms with Crippen LogP contribution in [0.25, 0.3) is 0 Å². The Balaban J connectivity index is 3.18. The lowest BCUT2D eigenvalue weighted by atomic mass is 10.2. The van der Waals surface area contributed by atoms with Gasteiger partial charge >= 0.3 is 0 Å². The fourth-order valence-corrected chi connectivity index (χ4v) is 6.67. The van der Waals surface area contributed by atoms with Crippen LogP contribution in [0, 0.1) is 0 Å². The largest absolute Gasteiger partial charge is 0.102 e. The lowest BCUT2D eigenvalue weighted by molar-refractivity contribution is 0.743. The first-order chi connectivity index (χ1) is 8.00. The average molecular weight is 246 g/mol. The van der Waals surface area contributed by atoms with Gasteiger partial charge in [-0.15, -0.1) is 0 Å². The van der Waals surface area contributed by atoms with Crippen LogP contribution in [-0.4, -0.2) is 8.80 Å².